The van der Waals surface area contributed by atoms with Crippen molar-refractivity contribution in [2.24, 2.45) is 56.7 Å². The Hall–Kier alpha value is -2.83. The molecule has 50 heavy (non-hydrogen) atoms. The van der Waals surface area contributed by atoms with Crippen molar-refractivity contribution >= 4 is 18.0 Å². The van der Waals surface area contributed by atoms with E-state index in [4.69, 9.17) is 9.47 Å². The Morgan fingerprint density at radius 3 is 2.24 bits per heavy atom. The minimum atomic E-state index is -1.15. The number of carboxylic acids is 1. The van der Waals surface area contributed by atoms with Crippen molar-refractivity contribution in [3.63, 3.8) is 0 Å². The lowest BCUT2D eigenvalue weighted by molar-refractivity contribution is -0.246. The molecule has 5 fully saturated rings. The molecule has 5 aliphatic rings. The highest BCUT2D eigenvalue weighted by atomic mass is 16.6. The third kappa shape index (κ3) is 5.81. The van der Waals surface area contributed by atoms with Crippen LogP contribution in [0.1, 0.15) is 132 Å². The smallest absolute Gasteiger partial charge is 0.407 e. The highest BCUT2D eigenvalue weighted by molar-refractivity contribution is 5.81. The lowest BCUT2D eigenvalue weighted by Crippen LogP contribution is -2.69. The van der Waals surface area contributed by atoms with Gasteiger partial charge in [-0.1, -0.05) is 77.1 Å². The summed E-state index contributed by atoms with van der Waals surface area (Å²) in [5.41, 5.74) is 0.990. The van der Waals surface area contributed by atoms with Crippen molar-refractivity contribution in [2.45, 2.75) is 144 Å². The molecule has 0 saturated heterocycles. The van der Waals surface area contributed by atoms with Gasteiger partial charge in [0.1, 0.15) is 12.7 Å². The van der Waals surface area contributed by atoms with Gasteiger partial charge in [-0.25, -0.2) is 4.79 Å². The van der Waals surface area contributed by atoms with Crippen LogP contribution in [-0.2, 0) is 25.7 Å². The van der Waals surface area contributed by atoms with E-state index in [1.54, 1.807) is 13.8 Å². The lowest BCUT2D eigenvalue weighted by Gasteiger charge is -2.73. The normalized spacial score (nSPS) is 40.2. The summed E-state index contributed by atoms with van der Waals surface area (Å²) in [5, 5.41) is 13.1. The molecule has 7 nitrogen and oxygen atoms in total. The van der Waals surface area contributed by atoms with E-state index in [0.29, 0.717) is 29.6 Å². The maximum absolute atomic E-state index is 13.5. The van der Waals surface area contributed by atoms with Gasteiger partial charge in [0.05, 0.1) is 11.8 Å². The highest BCUT2D eigenvalue weighted by Gasteiger charge is 2.71. The first kappa shape index (κ1) is 36.9. The summed E-state index contributed by atoms with van der Waals surface area (Å²) >= 11 is 0. The van der Waals surface area contributed by atoms with Gasteiger partial charge in [-0.05, 0) is 136 Å². The van der Waals surface area contributed by atoms with E-state index in [1.165, 1.54) is 12.0 Å². The van der Waals surface area contributed by atoms with Crippen molar-refractivity contribution in [1.29, 1.82) is 0 Å². The molecule has 0 bridgehead atoms. The maximum atomic E-state index is 13.5. The van der Waals surface area contributed by atoms with E-state index in [2.05, 4.69) is 53.4 Å². The van der Waals surface area contributed by atoms with Crippen LogP contribution in [0.3, 0.4) is 0 Å². The number of amides is 1. The average molecular weight is 690 g/mol. The largest absolute Gasteiger partial charge is 0.481 e. The number of allylic oxidation sites excluding steroid dienone is 1. The molecule has 2 N–H and O–H groups in total. The number of rotatable bonds is 8. The van der Waals surface area contributed by atoms with Crippen LogP contribution in [0.2, 0.25) is 0 Å². The lowest BCUT2D eigenvalue weighted by atomic mass is 9.32. The molecule has 10 atom stereocenters. The highest BCUT2D eigenvalue weighted by Crippen LogP contribution is 2.76. The fourth-order valence-electron chi connectivity index (χ4n) is 13.2. The van der Waals surface area contributed by atoms with Gasteiger partial charge in [-0.2, -0.15) is 0 Å². The van der Waals surface area contributed by atoms with E-state index in [9.17, 15) is 19.5 Å². The number of hydrogen-bond donors (Lipinski definition) is 2. The second-order valence-corrected chi connectivity index (χ2v) is 19.2. The zero-order valence-corrected chi connectivity index (χ0v) is 32.0. The number of alkyl carbamates (subject to hydrolysis) is 1. The predicted octanol–water partition coefficient (Wildman–Crippen LogP) is 9.74. The number of carbonyl (C=O) groups is 3. The van der Waals surface area contributed by atoms with E-state index >= 15 is 0 Å². The van der Waals surface area contributed by atoms with E-state index < -0.39 is 17.4 Å². The standard InChI is InChI=1S/C43H63NO6/c1-27(2)29-17-22-43(44-37(48)49-26-28-13-11-10-12-14-28)24-23-41(8)30(35(29)43)15-16-32-40(7)20-19-33(50-34(45)25-38(3,4)36(46)47)39(5,6)31(40)18-21-42(32,41)9/h10-14,29-33,35H,1,15-26H2,2-9H3,(H,44,48)(H,46,47)/t29-,30+,31-,32+,33-,35+,40-,41+,42+,43-/m0/s1. The molecule has 1 amide bonds. The quantitative estimate of drug-likeness (QED) is 0.208. The van der Waals surface area contributed by atoms with Crippen LogP contribution in [0.4, 0.5) is 4.79 Å². The molecule has 5 aliphatic carbocycles. The van der Waals surface area contributed by atoms with Crippen molar-refractivity contribution in [1.82, 2.24) is 5.32 Å². The van der Waals surface area contributed by atoms with E-state index in [-0.39, 0.29) is 52.4 Å². The van der Waals surface area contributed by atoms with Crippen molar-refractivity contribution in [3.8, 4) is 0 Å². The molecule has 1 aromatic carbocycles. The van der Waals surface area contributed by atoms with Crippen molar-refractivity contribution in [2.75, 3.05) is 0 Å². The number of carboxylic acid groups (broad SMARTS) is 1. The van der Waals surface area contributed by atoms with Gasteiger partial charge < -0.3 is 19.9 Å². The van der Waals surface area contributed by atoms with Crippen LogP contribution >= 0.6 is 0 Å². The third-order valence-electron chi connectivity index (χ3n) is 16.0. The number of benzene rings is 1. The second kappa shape index (κ2) is 12.7. The number of fused-ring (bicyclic) bond motifs is 7. The zero-order chi connectivity index (χ0) is 36.5. The summed E-state index contributed by atoms with van der Waals surface area (Å²) in [4.78, 5) is 38.3. The molecule has 0 heterocycles. The molecule has 276 valence electrons. The Labute approximate surface area is 300 Å². The fraction of sp³-hybridized carbons (Fsp3) is 0.744. The molecule has 0 spiro atoms. The van der Waals surface area contributed by atoms with Gasteiger partial charge in [0.25, 0.3) is 0 Å². The molecule has 0 radical (unpaired) electrons. The van der Waals surface area contributed by atoms with Crippen LogP contribution in [-0.4, -0.2) is 34.8 Å². The molecule has 1 aromatic rings. The molecule has 0 aliphatic heterocycles. The summed E-state index contributed by atoms with van der Waals surface area (Å²) in [6.07, 6.45) is 9.83. The van der Waals surface area contributed by atoms with Gasteiger partial charge in [0.2, 0.25) is 0 Å². The maximum Gasteiger partial charge on any atom is 0.407 e. The van der Waals surface area contributed by atoms with Gasteiger partial charge in [0, 0.05) is 11.0 Å². The minimum absolute atomic E-state index is 0.116. The average Bonchev–Trinajstić information content (AvgIpc) is 3.41. The number of esters is 1. The summed E-state index contributed by atoms with van der Waals surface area (Å²) in [6, 6.07) is 9.90. The van der Waals surface area contributed by atoms with Crippen molar-refractivity contribution < 1.29 is 29.0 Å². The summed E-state index contributed by atoms with van der Waals surface area (Å²) < 4.78 is 12.0. The van der Waals surface area contributed by atoms with Gasteiger partial charge in [-0.15, -0.1) is 0 Å². The number of aliphatic carboxylic acids is 1. The Balaban J connectivity index is 1.23. The molecule has 6 rings (SSSR count). The first-order valence-electron chi connectivity index (χ1n) is 19.4. The van der Waals surface area contributed by atoms with Gasteiger partial charge in [-0.3, -0.25) is 9.59 Å². The molecule has 5 saturated carbocycles. The monoisotopic (exact) mass is 689 g/mol. The number of carbonyl (C=O) groups excluding carboxylic acids is 2. The van der Waals surface area contributed by atoms with Crippen LogP contribution in [0, 0.1) is 56.7 Å². The number of nitrogens with one attached hydrogen (secondary N) is 1. The minimum Gasteiger partial charge on any atom is -0.481 e. The molecular formula is C43H63NO6. The fourth-order valence-corrected chi connectivity index (χ4v) is 13.2. The summed E-state index contributed by atoms with van der Waals surface area (Å²) in [6.45, 7) is 22.5. The Kier molecular flexibility index (Phi) is 9.37. The van der Waals surface area contributed by atoms with Gasteiger partial charge >= 0.3 is 18.0 Å². The number of ether oxygens (including phenoxy) is 2. The molecule has 0 unspecified atom stereocenters. The molecular weight excluding hydrogens is 626 g/mol. The predicted molar refractivity (Wildman–Crippen MR) is 195 cm³/mol. The Morgan fingerprint density at radius 2 is 1.58 bits per heavy atom. The molecule has 7 heteroatoms. The SMILES string of the molecule is C=C(C)[C@@H]1CC[C@]2(NC(=O)OCc3ccccc3)CC[C@]3(C)[C@H](CC[C@@H]4[C@@]5(C)CC[C@H](OC(=O)CC(C)(C)C(=O)O)C(C)(C)[C@@H]5CC[C@]43C)[C@@H]12. The zero-order valence-electron chi connectivity index (χ0n) is 32.0. The Bertz CT molecular complexity index is 1500. The topological polar surface area (TPSA) is 102 Å². The van der Waals surface area contributed by atoms with Crippen LogP contribution in [0.25, 0.3) is 0 Å². The van der Waals surface area contributed by atoms with Crippen molar-refractivity contribution in [3.05, 3.63) is 48.0 Å². The first-order chi connectivity index (χ1) is 23.3. The molecule has 0 aromatic heterocycles. The van der Waals surface area contributed by atoms with Crippen LogP contribution in [0.5, 0.6) is 0 Å². The summed E-state index contributed by atoms with van der Waals surface area (Å²) in [5.74, 6) is 0.790. The first-order valence-corrected chi connectivity index (χ1v) is 19.4. The van der Waals surface area contributed by atoms with E-state index in [0.717, 1.165) is 63.4 Å². The van der Waals surface area contributed by atoms with Crippen LogP contribution in [0.15, 0.2) is 42.5 Å². The van der Waals surface area contributed by atoms with Crippen LogP contribution < -0.4 is 5.32 Å². The second-order valence-electron chi connectivity index (χ2n) is 19.2. The van der Waals surface area contributed by atoms with E-state index in [1.807, 2.05) is 30.3 Å². The Morgan fingerprint density at radius 1 is 0.880 bits per heavy atom. The van der Waals surface area contributed by atoms with Gasteiger partial charge in [0.15, 0.2) is 0 Å². The summed E-state index contributed by atoms with van der Waals surface area (Å²) in [7, 11) is 0. The number of hydrogen-bond acceptors (Lipinski definition) is 5. The third-order valence-corrected chi connectivity index (χ3v) is 16.0.